The molecule has 1 saturated heterocycles. The molecule has 1 amide bonds. The van der Waals surface area contributed by atoms with Gasteiger partial charge in [-0.2, -0.15) is 0 Å². The molecule has 1 N–H and O–H groups in total. The molecule has 0 aromatic heterocycles. The lowest BCUT2D eigenvalue weighted by molar-refractivity contribution is -0.130. The Morgan fingerprint density at radius 3 is 2.22 bits per heavy atom. The predicted octanol–water partition coefficient (Wildman–Crippen LogP) is 2.01. The van der Waals surface area contributed by atoms with Crippen molar-refractivity contribution in [3.8, 4) is 0 Å². The van der Waals surface area contributed by atoms with Crippen LogP contribution in [-0.2, 0) is 22.6 Å². The molecule has 1 heterocycles. The fourth-order valence-corrected chi connectivity index (χ4v) is 3.20. The third-order valence-corrected chi connectivity index (χ3v) is 4.76. The van der Waals surface area contributed by atoms with Crippen LogP contribution >= 0.6 is 0 Å². The fourth-order valence-electron chi connectivity index (χ4n) is 3.20. The molecule has 0 aliphatic carbocycles. The highest BCUT2D eigenvalue weighted by molar-refractivity contribution is 5.79. The van der Waals surface area contributed by atoms with Gasteiger partial charge in [0.25, 0.3) is 0 Å². The lowest BCUT2D eigenvalue weighted by Crippen LogP contribution is -2.49. The first-order chi connectivity index (χ1) is 13.2. The van der Waals surface area contributed by atoms with Crippen molar-refractivity contribution in [2.45, 2.75) is 13.0 Å². The van der Waals surface area contributed by atoms with Crippen molar-refractivity contribution in [1.82, 2.24) is 10.2 Å². The van der Waals surface area contributed by atoms with Gasteiger partial charge in [0, 0.05) is 38.4 Å². The number of nitrogens with one attached hydrogen (secondary N) is 1. The van der Waals surface area contributed by atoms with E-state index in [1.54, 1.807) is 12.1 Å². The van der Waals surface area contributed by atoms with Crippen LogP contribution in [0.2, 0.25) is 0 Å². The molecule has 1 fully saturated rings. The van der Waals surface area contributed by atoms with Gasteiger partial charge in [-0.3, -0.25) is 4.79 Å². The first kappa shape index (κ1) is 19.0. The van der Waals surface area contributed by atoms with Crippen molar-refractivity contribution in [1.29, 1.82) is 0 Å². The Balaban J connectivity index is 1.48. The van der Waals surface area contributed by atoms with Crippen molar-refractivity contribution in [3.63, 3.8) is 0 Å². The van der Waals surface area contributed by atoms with E-state index in [9.17, 15) is 14.0 Å². The number of aldehydes is 1. The lowest BCUT2D eigenvalue weighted by atomic mass is 10.1. The topological polar surface area (TPSA) is 52.7 Å². The molecule has 2 aromatic carbocycles. The van der Waals surface area contributed by atoms with Gasteiger partial charge in [0.2, 0.25) is 5.91 Å². The minimum atomic E-state index is -0.287. The number of anilines is 1. The van der Waals surface area contributed by atoms with Gasteiger partial charge in [0.05, 0.1) is 13.0 Å². The molecule has 27 heavy (non-hydrogen) atoms. The van der Waals surface area contributed by atoms with Gasteiger partial charge >= 0.3 is 0 Å². The average molecular weight is 369 g/mol. The van der Waals surface area contributed by atoms with Crippen molar-refractivity contribution in [2.24, 2.45) is 0 Å². The summed E-state index contributed by atoms with van der Waals surface area (Å²) in [5.74, 6) is -0.205. The summed E-state index contributed by atoms with van der Waals surface area (Å²) in [5.41, 5.74) is 3.11. The summed E-state index contributed by atoms with van der Waals surface area (Å²) in [5, 5.41) is 3.04. The molecule has 1 aliphatic heterocycles. The van der Waals surface area contributed by atoms with E-state index >= 15 is 0 Å². The van der Waals surface area contributed by atoms with Crippen LogP contribution in [0.3, 0.4) is 0 Å². The summed E-state index contributed by atoms with van der Waals surface area (Å²) >= 11 is 0. The lowest BCUT2D eigenvalue weighted by Gasteiger charge is -2.36. The highest BCUT2D eigenvalue weighted by Crippen LogP contribution is 2.18. The number of hydrogen-bond donors (Lipinski definition) is 1. The zero-order chi connectivity index (χ0) is 19.1. The number of carbonyl (C=O) groups excluding carboxylic acids is 2. The Morgan fingerprint density at radius 1 is 0.963 bits per heavy atom. The second kappa shape index (κ2) is 9.28. The molecule has 5 nitrogen and oxygen atoms in total. The zero-order valence-electron chi connectivity index (χ0n) is 15.2. The maximum atomic E-state index is 13.0. The minimum absolute atomic E-state index is 0.0814. The number of amides is 1. The van der Waals surface area contributed by atoms with E-state index < -0.39 is 0 Å². The number of rotatable bonds is 7. The van der Waals surface area contributed by atoms with Crippen LogP contribution in [0.1, 0.15) is 11.1 Å². The van der Waals surface area contributed by atoms with E-state index in [4.69, 9.17) is 0 Å². The summed E-state index contributed by atoms with van der Waals surface area (Å²) in [6, 6.07) is 14.4. The van der Waals surface area contributed by atoms with E-state index in [0.717, 1.165) is 36.2 Å². The molecule has 0 unspecified atom stereocenters. The number of halogens is 1. The SMILES string of the molecule is O=CCNCc1ccc(N2CCN(C(=O)Cc3ccc(F)cc3)CC2)cc1. The van der Waals surface area contributed by atoms with Crippen LogP contribution in [-0.4, -0.2) is 49.8 Å². The third-order valence-electron chi connectivity index (χ3n) is 4.76. The van der Waals surface area contributed by atoms with Crippen molar-refractivity contribution in [2.75, 3.05) is 37.6 Å². The van der Waals surface area contributed by atoms with Gasteiger partial charge in [-0.25, -0.2) is 4.39 Å². The molecule has 1 aliphatic rings. The van der Waals surface area contributed by atoms with E-state index in [1.807, 2.05) is 4.90 Å². The smallest absolute Gasteiger partial charge is 0.227 e. The van der Waals surface area contributed by atoms with Gasteiger partial charge in [0.15, 0.2) is 0 Å². The minimum Gasteiger partial charge on any atom is -0.368 e. The number of benzene rings is 2. The number of hydrogen-bond acceptors (Lipinski definition) is 4. The molecule has 0 spiro atoms. The van der Waals surface area contributed by atoms with E-state index in [2.05, 4.69) is 34.5 Å². The summed E-state index contributed by atoms with van der Waals surface area (Å²) in [6.45, 7) is 3.97. The van der Waals surface area contributed by atoms with E-state index in [-0.39, 0.29) is 11.7 Å². The van der Waals surface area contributed by atoms with Crippen molar-refractivity contribution < 1.29 is 14.0 Å². The average Bonchev–Trinajstić information content (AvgIpc) is 2.70. The molecule has 0 bridgehead atoms. The molecule has 6 heteroatoms. The summed E-state index contributed by atoms with van der Waals surface area (Å²) in [6.07, 6.45) is 1.16. The van der Waals surface area contributed by atoms with Crippen molar-refractivity contribution >= 4 is 17.9 Å². The number of piperazine rings is 1. The highest BCUT2D eigenvalue weighted by atomic mass is 19.1. The quantitative estimate of drug-likeness (QED) is 0.599. The van der Waals surface area contributed by atoms with Crippen molar-refractivity contribution in [3.05, 3.63) is 65.5 Å². The summed E-state index contributed by atoms with van der Waals surface area (Å²) in [7, 11) is 0. The normalized spacial score (nSPS) is 14.3. The molecule has 0 radical (unpaired) electrons. The van der Waals surface area contributed by atoms with Crippen LogP contribution in [0.4, 0.5) is 10.1 Å². The van der Waals surface area contributed by atoms with Crippen LogP contribution in [0.15, 0.2) is 48.5 Å². The Morgan fingerprint density at radius 2 is 1.59 bits per heavy atom. The monoisotopic (exact) mass is 369 g/mol. The van der Waals surface area contributed by atoms with Gasteiger partial charge in [0.1, 0.15) is 12.1 Å². The standard InChI is InChI=1S/C21H24FN3O2/c22-19-5-1-17(2-6-19)15-21(27)25-12-10-24(11-13-25)20-7-3-18(4-8-20)16-23-9-14-26/h1-8,14,23H,9-13,15-16H2. The third kappa shape index (κ3) is 5.37. The van der Waals surface area contributed by atoms with Gasteiger partial charge in [-0.1, -0.05) is 24.3 Å². The first-order valence-corrected chi connectivity index (χ1v) is 9.16. The van der Waals surface area contributed by atoms with E-state index in [1.165, 1.54) is 12.1 Å². The van der Waals surface area contributed by atoms with Crippen LogP contribution < -0.4 is 10.2 Å². The van der Waals surface area contributed by atoms with Gasteiger partial charge in [-0.15, -0.1) is 0 Å². The zero-order valence-corrected chi connectivity index (χ0v) is 15.2. The fraction of sp³-hybridized carbons (Fsp3) is 0.333. The summed E-state index contributed by atoms with van der Waals surface area (Å²) < 4.78 is 13.0. The first-order valence-electron chi connectivity index (χ1n) is 9.16. The molecule has 3 rings (SSSR count). The molecule has 2 aromatic rings. The Kier molecular flexibility index (Phi) is 6.54. The molecular weight excluding hydrogens is 345 g/mol. The number of carbonyl (C=O) groups is 2. The van der Waals surface area contributed by atoms with Gasteiger partial charge < -0.3 is 19.9 Å². The summed E-state index contributed by atoms with van der Waals surface area (Å²) in [4.78, 5) is 26.9. The molecule has 0 saturated carbocycles. The Bertz CT molecular complexity index is 754. The van der Waals surface area contributed by atoms with Crippen LogP contribution in [0.25, 0.3) is 0 Å². The second-order valence-corrected chi connectivity index (χ2v) is 6.64. The molecular formula is C21H24FN3O2. The molecule has 0 atom stereocenters. The Hall–Kier alpha value is -2.73. The predicted molar refractivity (Wildman–Crippen MR) is 103 cm³/mol. The second-order valence-electron chi connectivity index (χ2n) is 6.64. The van der Waals surface area contributed by atoms with Crippen LogP contribution in [0, 0.1) is 5.82 Å². The molecule has 142 valence electrons. The highest BCUT2D eigenvalue weighted by Gasteiger charge is 2.21. The van der Waals surface area contributed by atoms with Gasteiger partial charge in [-0.05, 0) is 35.4 Å². The maximum absolute atomic E-state index is 13.0. The largest absolute Gasteiger partial charge is 0.368 e. The Labute approximate surface area is 158 Å². The van der Waals surface area contributed by atoms with Crippen LogP contribution in [0.5, 0.6) is 0 Å². The number of nitrogens with zero attached hydrogens (tertiary/aromatic N) is 2. The maximum Gasteiger partial charge on any atom is 0.227 e. The van der Waals surface area contributed by atoms with E-state index in [0.29, 0.717) is 32.6 Å².